The van der Waals surface area contributed by atoms with Crippen LogP contribution in [-0.2, 0) is 16.1 Å². The predicted octanol–water partition coefficient (Wildman–Crippen LogP) is 0.588. The molecule has 5 nitrogen and oxygen atoms in total. The molecule has 0 atom stereocenters. The minimum atomic E-state index is -1.05. The van der Waals surface area contributed by atoms with Gasteiger partial charge in [-0.3, -0.25) is 14.8 Å². The van der Waals surface area contributed by atoms with Crippen LogP contribution in [0.5, 0.6) is 0 Å². The number of nitrogens with one attached hydrogen (secondary N) is 2. The van der Waals surface area contributed by atoms with Gasteiger partial charge in [0.1, 0.15) is 5.41 Å². The first-order valence-corrected chi connectivity index (χ1v) is 5.46. The van der Waals surface area contributed by atoms with Gasteiger partial charge in [-0.05, 0) is 18.4 Å². The summed E-state index contributed by atoms with van der Waals surface area (Å²) in [6, 6.07) is 9.45. The molecular weight excluding hydrogens is 220 g/mol. The van der Waals surface area contributed by atoms with E-state index in [0.29, 0.717) is 19.4 Å². The van der Waals surface area contributed by atoms with Crippen molar-refractivity contribution in [2.75, 3.05) is 0 Å². The van der Waals surface area contributed by atoms with Crippen molar-refractivity contribution in [1.29, 1.82) is 0 Å². The third-order valence-electron chi connectivity index (χ3n) is 3.02. The smallest absolute Gasteiger partial charge is 0.259 e. The highest BCUT2D eigenvalue weighted by molar-refractivity contribution is 6.07. The lowest BCUT2D eigenvalue weighted by Crippen LogP contribution is -2.41. The average molecular weight is 234 g/mol. The molecule has 17 heavy (non-hydrogen) atoms. The minimum Gasteiger partial charge on any atom is -0.351 e. The van der Waals surface area contributed by atoms with Crippen molar-refractivity contribution in [3.63, 3.8) is 0 Å². The van der Waals surface area contributed by atoms with E-state index in [1.807, 2.05) is 30.3 Å². The van der Waals surface area contributed by atoms with Crippen molar-refractivity contribution in [3.05, 3.63) is 35.9 Å². The SMILES string of the molecule is O=C(NO)C1(C(=O)NCc2ccccc2)CC1. The molecule has 0 aliphatic heterocycles. The van der Waals surface area contributed by atoms with Crippen LogP contribution in [0.1, 0.15) is 18.4 Å². The van der Waals surface area contributed by atoms with Gasteiger partial charge in [-0.15, -0.1) is 0 Å². The molecule has 0 aromatic heterocycles. The Balaban J connectivity index is 1.92. The zero-order valence-corrected chi connectivity index (χ0v) is 9.27. The summed E-state index contributed by atoms with van der Waals surface area (Å²) in [5.41, 5.74) is 1.47. The standard InChI is InChI=1S/C12H14N2O3/c15-10(12(6-7-12)11(16)14-17)13-8-9-4-2-1-3-5-9/h1-5,17H,6-8H2,(H,13,15)(H,14,16). The number of carbonyl (C=O) groups excluding carboxylic acids is 2. The van der Waals surface area contributed by atoms with Gasteiger partial charge in [0.05, 0.1) is 0 Å². The van der Waals surface area contributed by atoms with Gasteiger partial charge in [-0.25, -0.2) is 5.48 Å². The molecular formula is C12H14N2O3. The van der Waals surface area contributed by atoms with Crippen LogP contribution in [0, 0.1) is 5.41 Å². The van der Waals surface area contributed by atoms with Gasteiger partial charge in [0, 0.05) is 6.54 Å². The molecule has 1 aromatic carbocycles. The summed E-state index contributed by atoms with van der Waals surface area (Å²) in [5.74, 6) is -0.948. The molecule has 5 heteroatoms. The van der Waals surface area contributed by atoms with Crippen LogP contribution in [0.15, 0.2) is 30.3 Å². The first kappa shape index (κ1) is 11.6. The van der Waals surface area contributed by atoms with Crippen LogP contribution in [-0.4, -0.2) is 17.0 Å². The number of hydroxylamine groups is 1. The van der Waals surface area contributed by atoms with Gasteiger partial charge >= 0.3 is 0 Å². The van der Waals surface area contributed by atoms with E-state index in [9.17, 15) is 9.59 Å². The fraction of sp³-hybridized carbons (Fsp3) is 0.333. The van der Waals surface area contributed by atoms with Crippen molar-refractivity contribution < 1.29 is 14.8 Å². The molecule has 1 aromatic rings. The Labute approximate surface area is 98.8 Å². The second kappa shape index (κ2) is 4.55. The van der Waals surface area contributed by atoms with E-state index in [1.165, 1.54) is 0 Å². The van der Waals surface area contributed by atoms with E-state index in [2.05, 4.69) is 5.32 Å². The second-order valence-electron chi connectivity index (χ2n) is 4.19. The third kappa shape index (κ3) is 2.29. The van der Waals surface area contributed by atoms with E-state index >= 15 is 0 Å². The van der Waals surface area contributed by atoms with Gasteiger partial charge in [0.25, 0.3) is 5.91 Å². The molecule has 2 amide bonds. The predicted molar refractivity (Wildman–Crippen MR) is 59.9 cm³/mol. The average Bonchev–Trinajstić information content (AvgIpc) is 3.17. The van der Waals surface area contributed by atoms with Crippen LogP contribution in [0.2, 0.25) is 0 Å². The molecule has 0 radical (unpaired) electrons. The molecule has 3 N–H and O–H groups in total. The van der Waals surface area contributed by atoms with Crippen molar-refractivity contribution in [3.8, 4) is 0 Å². The molecule has 1 aliphatic carbocycles. The first-order chi connectivity index (χ1) is 8.19. The molecule has 0 heterocycles. The molecule has 0 spiro atoms. The highest BCUT2D eigenvalue weighted by Gasteiger charge is 2.56. The maximum Gasteiger partial charge on any atom is 0.259 e. The van der Waals surface area contributed by atoms with E-state index in [1.54, 1.807) is 5.48 Å². The van der Waals surface area contributed by atoms with Crippen LogP contribution in [0.25, 0.3) is 0 Å². The third-order valence-corrected chi connectivity index (χ3v) is 3.02. The number of carbonyl (C=O) groups is 2. The van der Waals surface area contributed by atoms with Gasteiger partial charge in [0.2, 0.25) is 5.91 Å². The Bertz CT molecular complexity index is 427. The topological polar surface area (TPSA) is 78.4 Å². The number of hydrogen-bond donors (Lipinski definition) is 3. The van der Waals surface area contributed by atoms with Crippen molar-refractivity contribution in [2.24, 2.45) is 5.41 Å². The number of benzene rings is 1. The van der Waals surface area contributed by atoms with E-state index in [4.69, 9.17) is 5.21 Å². The molecule has 1 aliphatic rings. The van der Waals surface area contributed by atoms with Crippen LogP contribution >= 0.6 is 0 Å². The summed E-state index contributed by atoms with van der Waals surface area (Å²) < 4.78 is 0. The Kier molecular flexibility index (Phi) is 3.10. The fourth-order valence-electron chi connectivity index (χ4n) is 1.74. The Hall–Kier alpha value is -1.88. The maximum atomic E-state index is 11.8. The Morgan fingerprint density at radius 3 is 2.35 bits per heavy atom. The highest BCUT2D eigenvalue weighted by Crippen LogP contribution is 2.46. The Morgan fingerprint density at radius 1 is 1.18 bits per heavy atom. The lowest BCUT2D eigenvalue weighted by atomic mass is 10.1. The summed E-state index contributed by atoms with van der Waals surface area (Å²) in [5, 5.41) is 11.3. The van der Waals surface area contributed by atoms with Crippen molar-refractivity contribution in [2.45, 2.75) is 19.4 Å². The summed E-state index contributed by atoms with van der Waals surface area (Å²) in [7, 11) is 0. The second-order valence-corrected chi connectivity index (χ2v) is 4.19. The molecule has 0 saturated heterocycles. The normalized spacial score (nSPS) is 16.1. The molecule has 90 valence electrons. The van der Waals surface area contributed by atoms with Gasteiger partial charge in [0.15, 0.2) is 0 Å². The lowest BCUT2D eigenvalue weighted by molar-refractivity contribution is -0.142. The Morgan fingerprint density at radius 2 is 1.82 bits per heavy atom. The molecule has 0 unspecified atom stereocenters. The number of rotatable bonds is 4. The van der Waals surface area contributed by atoms with E-state index in [0.717, 1.165) is 5.56 Å². The molecule has 2 rings (SSSR count). The molecule has 0 bridgehead atoms. The van der Waals surface area contributed by atoms with Crippen LogP contribution < -0.4 is 10.8 Å². The quantitative estimate of drug-likeness (QED) is 0.405. The first-order valence-electron chi connectivity index (χ1n) is 5.46. The zero-order valence-electron chi connectivity index (χ0n) is 9.27. The van der Waals surface area contributed by atoms with Gasteiger partial charge in [-0.1, -0.05) is 30.3 Å². The van der Waals surface area contributed by atoms with E-state index < -0.39 is 11.3 Å². The summed E-state index contributed by atoms with van der Waals surface area (Å²) in [6.45, 7) is 0.389. The summed E-state index contributed by atoms with van der Waals surface area (Å²) in [6.07, 6.45) is 0.972. The maximum absolute atomic E-state index is 11.8. The fourth-order valence-corrected chi connectivity index (χ4v) is 1.74. The highest BCUT2D eigenvalue weighted by atomic mass is 16.5. The monoisotopic (exact) mass is 234 g/mol. The zero-order chi connectivity index (χ0) is 12.3. The van der Waals surface area contributed by atoms with E-state index in [-0.39, 0.29) is 5.91 Å². The summed E-state index contributed by atoms with van der Waals surface area (Å²) >= 11 is 0. The summed E-state index contributed by atoms with van der Waals surface area (Å²) in [4.78, 5) is 23.1. The minimum absolute atomic E-state index is 0.326. The van der Waals surface area contributed by atoms with Crippen molar-refractivity contribution in [1.82, 2.24) is 10.8 Å². The molecule has 1 saturated carbocycles. The van der Waals surface area contributed by atoms with Gasteiger partial charge < -0.3 is 5.32 Å². The largest absolute Gasteiger partial charge is 0.351 e. The van der Waals surface area contributed by atoms with Crippen LogP contribution in [0.3, 0.4) is 0 Å². The number of amides is 2. The molecule has 1 fully saturated rings. The van der Waals surface area contributed by atoms with Crippen molar-refractivity contribution >= 4 is 11.8 Å². The lowest BCUT2D eigenvalue weighted by Gasteiger charge is -2.12. The van der Waals surface area contributed by atoms with Gasteiger partial charge in [-0.2, -0.15) is 0 Å². The number of hydrogen-bond acceptors (Lipinski definition) is 3. The van der Waals surface area contributed by atoms with Crippen LogP contribution in [0.4, 0.5) is 0 Å².